The van der Waals surface area contributed by atoms with Crippen LogP contribution in [0.25, 0.3) is 10.2 Å². The first-order chi connectivity index (χ1) is 12.7. The number of ether oxygens (including phenoxy) is 1. The molecule has 1 heterocycles. The second-order valence-corrected chi connectivity index (χ2v) is 7.59. The Kier molecular flexibility index (Phi) is 6.62. The molecule has 7 heteroatoms. The van der Waals surface area contributed by atoms with Crippen LogP contribution in [0.4, 0.5) is 0 Å². The number of carbonyl (C=O) groups is 2. The molecule has 0 aliphatic carbocycles. The van der Waals surface area contributed by atoms with Crippen molar-refractivity contribution < 1.29 is 14.3 Å². The number of para-hydroxylation sites is 1. The molecule has 3 aromatic rings. The van der Waals surface area contributed by atoms with Gasteiger partial charge in [-0.1, -0.05) is 42.5 Å². The number of rotatable bonds is 8. The van der Waals surface area contributed by atoms with Crippen molar-refractivity contribution in [1.29, 1.82) is 0 Å². The number of thioether (sulfide) groups is 1. The number of aromatic nitrogens is 1. The highest BCUT2D eigenvalue weighted by Crippen LogP contribution is 2.24. The van der Waals surface area contributed by atoms with E-state index in [-0.39, 0.29) is 24.8 Å². The third-order valence-electron chi connectivity index (χ3n) is 3.47. The van der Waals surface area contributed by atoms with E-state index in [1.165, 1.54) is 11.8 Å². The first-order valence-electron chi connectivity index (χ1n) is 8.09. The molecule has 0 bridgehead atoms. The Labute approximate surface area is 159 Å². The summed E-state index contributed by atoms with van der Waals surface area (Å²) in [5.74, 6) is 0.318. The minimum absolute atomic E-state index is 0.118. The summed E-state index contributed by atoms with van der Waals surface area (Å²) in [5.41, 5.74) is 1.90. The van der Waals surface area contributed by atoms with Gasteiger partial charge in [0.05, 0.1) is 16.0 Å². The van der Waals surface area contributed by atoms with Crippen LogP contribution in [0, 0.1) is 0 Å². The van der Waals surface area contributed by atoms with Crippen molar-refractivity contribution >= 4 is 45.2 Å². The molecule has 0 aliphatic heterocycles. The van der Waals surface area contributed by atoms with Gasteiger partial charge in [-0.3, -0.25) is 9.59 Å². The second kappa shape index (κ2) is 9.35. The Morgan fingerprint density at radius 1 is 1.08 bits per heavy atom. The van der Waals surface area contributed by atoms with Crippen LogP contribution in [0.2, 0.25) is 0 Å². The molecule has 1 N–H and O–H groups in total. The van der Waals surface area contributed by atoms with E-state index in [2.05, 4.69) is 10.3 Å². The van der Waals surface area contributed by atoms with Gasteiger partial charge in [0.2, 0.25) is 5.91 Å². The van der Waals surface area contributed by atoms with Crippen LogP contribution in [-0.4, -0.2) is 29.2 Å². The highest BCUT2D eigenvalue weighted by Gasteiger charge is 2.08. The number of nitrogens with one attached hydrogen (secondary N) is 1. The molecule has 0 aliphatic rings. The van der Waals surface area contributed by atoms with Crippen molar-refractivity contribution in [2.75, 3.05) is 12.3 Å². The highest BCUT2D eigenvalue weighted by molar-refractivity contribution is 7.99. The fourth-order valence-corrected chi connectivity index (χ4v) is 4.10. The summed E-state index contributed by atoms with van der Waals surface area (Å²) in [6.45, 7) is 0.0925. The summed E-state index contributed by atoms with van der Waals surface area (Å²) < 4.78 is 6.26. The largest absolute Gasteiger partial charge is 0.460 e. The van der Waals surface area contributed by atoms with E-state index in [9.17, 15) is 9.59 Å². The monoisotopic (exact) mass is 386 g/mol. The fraction of sp³-hybridized carbons (Fsp3) is 0.211. The number of hydrogen-bond donors (Lipinski definition) is 1. The molecule has 3 rings (SSSR count). The number of carbonyl (C=O) groups excluding carboxylic acids is 2. The number of thiazole rings is 1. The predicted molar refractivity (Wildman–Crippen MR) is 105 cm³/mol. The third kappa shape index (κ3) is 5.57. The molecule has 134 valence electrons. The molecule has 26 heavy (non-hydrogen) atoms. The zero-order valence-corrected chi connectivity index (χ0v) is 15.6. The van der Waals surface area contributed by atoms with Gasteiger partial charge in [0.25, 0.3) is 0 Å². The van der Waals surface area contributed by atoms with Crippen molar-refractivity contribution in [3.63, 3.8) is 0 Å². The molecule has 1 aromatic heterocycles. The van der Waals surface area contributed by atoms with E-state index in [0.717, 1.165) is 20.8 Å². The van der Waals surface area contributed by atoms with Crippen molar-refractivity contribution in [2.24, 2.45) is 0 Å². The summed E-state index contributed by atoms with van der Waals surface area (Å²) in [6.07, 6.45) is 0. The van der Waals surface area contributed by atoms with E-state index in [1.807, 2.05) is 54.6 Å². The average Bonchev–Trinajstić information content (AvgIpc) is 3.08. The summed E-state index contributed by atoms with van der Waals surface area (Å²) in [6, 6.07) is 17.4. The highest BCUT2D eigenvalue weighted by atomic mass is 32.2. The second-order valence-electron chi connectivity index (χ2n) is 5.49. The van der Waals surface area contributed by atoms with Gasteiger partial charge in [0, 0.05) is 5.75 Å². The van der Waals surface area contributed by atoms with Crippen LogP contribution in [0.5, 0.6) is 0 Å². The van der Waals surface area contributed by atoms with Gasteiger partial charge in [0.15, 0.2) is 0 Å². The van der Waals surface area contributed by atoms with Crippen LogP contribution < -0.4 is 5.32 Å². The molecule has 0 saturated heterocycles. The van der Waals surface area contributed by atoms with Gasteiger partial charge in [-0.05, 0) is 17.7 Å². The molecule has 0 atom stereocenters. The van der Waals surface area contributed by atoms with Gasteiger partial charge in [-0.2, -0.15) is 0 Å². The molecule has 0 radical (unpaired) electrons. The van der Waals surface area contributed by atoms with Gasteiger partial charge < -0.3 is 10.1 Å². The SMILES string of the molecule is O=C(CSCc1nc2ccccc2s1)NCC(=O)OCc1ccccc1. The molecule has 2 aromatic carbocycles. The Morgan fingerprint density at radius 3 is 2.65 bits per heavy atom. The quantitative estimate of drug-likeness (QED) is 0.601. The predicted octanol–water partition coefficient (Wildman–Crippen LogP) is 3.39. The molecular weight excluding hydrogens is 368 g/mol. The maximum atomic E-state index is 11.8. The van der Waals surface area contributed by atoms with Crippen molar-refractivity contribution in [2.45, 2.75) is 12.4 Å². The standard InChI is InChI=1S/C19H18N2O3S2/c22-17(20-10-19(23)24-11-14-6-2-1-3-7-14)12-25-13-18-21-15-8-4-5-9-16(15)26-18/h1-9H,10-13H2,(H,20,22). The van der Waals surface area contributed by atoms with Gasteiger partial charge >= 0.3 is 5.97 Å². The Bertz CT molecular complexity index is 848. The molecular formula is C19H18N2O3S2. The van der Waals surface area contributed by atoms with Gasteiger partial charge in [-0.25, -0.2) is 4.98 Å². The third-order valence-corrected chi connectivity index (χ3v) is 5.63. The normalized spacial score (nSPS) is 10.6. The fourth-order valence-electron chi connectivity index (χ4n) is 2.22. The Hall–Kier alpha value is -2.38. The Balaban J connectivity index is 1.33. The zero-order valence-electron chi connectivity index (χ0n) is 14.0. The summed E-state index contributed by atoms with van der Waals surface area (Å²) in [5, 5.41) is 3.57. The lowest BCUT2D eigenvalue weighted by molar-refractivity contribution is -0.145. The van der Waals surface area contributed by atoms with Crippen LogP contribution in [-0.2, 0) is 26.7 Å². The molecule has 0 unspecified atom stereocenters. The first kappa shape index (κ1) is 18.4. The molecule has 0 saturated carbocycles. The molecule has 5 nitrogen and oxygen atoms in total. The Morgan fingerprint density at radius 2 is 1.85 bits per heavy atom. The minimum Gasteiger partial charge on any atom is -0.460 e. The summed E-state index contributed by atoms with van der Waals surface area (Å²) >= 11 is 3.11. The van der Waals surface area contributed by atoms with E-state index < -0.39 is 5.97 Å². The first-order valence-corrected chi connectivity index (χ1v) is 10.1. The smallest absolute Gasteiger partial charge is 0.325 e. The van der Waals surface area contributed by atoms with Crippen molar-refractivity contribution in [1.82, 2.24) is 10.3 Å². The topological polar surface area (TPSA) is 68.3 Å². The maximum Gasteiger partial charge on any atom is 0.325 e. The number of esters is 1. The summed E-state index contributed by atoms with van der Waals surface area (Å²) in [7, 11) is 0. The summed E-state index contributed by atoms with van der Waals surface area (Å²) in [4.78, 5) is 28.0. The zero-order chi connectivity index (χ0) is 18.2. The van der Waals surface area contributed by atoms with Crippen molar-refractivity contribution in [3.8, 4) is 0 Å². The van der Waals surface area contributed by atoms with E-state index in [1.54, 1.807) is 11.3 Å². The number of nitrogens with zero attached hydrogens (tertiary/aromatic N) is 1. The number of benzene rings is 2. The average molecular weight is 386 g/mol. The lowest BCUT2D eigenvalue weighted by Crippen LogP contribution is -2.31. The van der Waals surface area contributed by atoms with Crippen LogP contribution in [0.15, 0.2) is 54.6 Å². The van der Waals surface area contributed by atoms with Crippen molar-refractivity contribution in [3.05, 3.63) is 65.2 Å². The van der Waals surface area contributed by atoms with Gasteiger partial charge in [-0.15, -0.1) is 23.1 Å². The van der Waals surface area contributed by atoms with Gasteiger partial charge in [0.1, 0.15) is 18.2 Å². The molecule has 1 amide bonds. The number of amides is 1. The van der Waals surface area contributed by atoms with E-state index in [0.29, 0.717) is 5.75 Å². The van der Waals surface area contributed by atoms with E-state index >= 15 is 0 Å². The van der Waals surface area contributed by atoms with Crippen LogP contribution in [0.3, 0.4) is 0 Å². The lowest BCUT2D eigenvalue weighted by Gasteiger charge is -2.06. The van der Waals surface area contributed by atoms with Crippen LogP contribution >= 0.6 is 23.1 Å². The minimum atomic E-state index is -0.446. The lowest BCUT2D eigenvalue weighted by atomic mass is 10.2. The van der Waals surface area contributed by atoms with E-state index in [4.69, 9.17) is 4.74 Å². The molecule has 0 spiro atoms. The maximum absolute atomic E-state index is 11.8. The van der Waals surface area contributed by atoms with Crippen LogP contribution in [0.1, 0.15) is 10.6 Å². The number of fused-ring (bicyclic) bond motifs is 1. The molecule has 0 fully saturated rings. The number of hydrogen-bond acceptors (Lipinski definition) is 6.